The van der Waals surface area contributed by atoms with Crippen molar-refractivity contribution in [2.75, 3.05) is 21.2 Å². The number of amides is 1. The first kappa shape index (κ1) is 22.7. The van der Waals surface area contributed by atoms with Gasteiger partial charge in [-0.3, -0.25) is 14.7 Å². The van der Waals surface area contributed by atoms with Crippen LogP contribution < -0.4 is 9.47 Å². The smallest absolute Gasteiger partial charge is 0.266 e. The maximum absolute atomic E-state index is 12.5. The Hall–Kier alpha value is -3.51. The molecule has 0 saturated carbocycles. The van der Waals surface area contributed by atoms with Gasteiger partial charge in [-0.2, -0.15) is 0 Å². The van der Waals surface area contributed by atoms with Gasteiger partial charge in [-0.25, -0.2) is 0 Å². The van der Waals surface area contributed by atoms with E-state index < -0.39 is 0 Å². The third-order valence-corrected chi connectivity index (χ3v) is 6.58. The minimum atomic E-state index is -0.0681. The molecule has 3 aromatic rings. The highest BCUT2D eigenvalue weighted by Gasteiger charge is 2.29. The van der Waals surface area contributed by atoms with Crippen molar-refractivity contribution in [2.45, 2.75) is 13.0 Å². The van der Waals surface area contributed by atoms with Crippen molar-refractivity contribution in [3.8, 4) is 11.5 Å². The standard InChI is InChI=1S/C27H26N2O3S/c1-5-8-22-14-19(16-24-26(30)29(3)27(28-2)33-24)15-23(31-4)25(22)32-17-18-11-12-20-9-6-7-10-21(20)13-18/h5-7,9-16H,1,8,17H2,2-4H3/b24-16-,28-27?. The van der Waals surface area contributed by atoms with Gasteiger partial charge >= 0.3 is 0 Å². The fourth-order valence-electron chi connectivity index (χ4n) is 3.77. The van der Waals surface area contributed by atoms with Gasteiger partial charge in [-0.05, 0) is 64.4 Å². The number of hydrogen-bond acceptors (Lipinski definition) is 5. The first-order chi connectivity index (χ1) is 16.0. The first-order valence-electron chi connectivity index (χ1n) is 10.6. The number of carbonyl (C=O) groups excluding carboxylic acids is 1. The second kappa shape index (κ2) is 9.96. The molecule has 0 aromatic heterocycles. The Labute approximate surface area is 198 Å². The number of amidine groups is 1. The molecule has 6 heteroatoms. The van der Waals surface area contributed by atoms with E-state index in [1.54, 1.807) is 26.1 Å². The third-order valence-electron chi connectivity index (χ3n) is 5.43. The highest BCUT2D eigenvalue weighted by atomic mass is 32.2. The van der Waals surface area contributed by atoms with Crippen LogP contribution in [0.1, 0.15) is 16.7 Å². The molecule has 0 bridgehead atoms. The van der Waals surface area contributed by atoms with E-state index in [-0.39, 0.29) is 5.91 Å². The second-order valence-electron chi connectivity index (χ2n) is 7.66. The molecule has 0 aliphatic carbocycles. The fourth-order valence-corrected chi connectivity index (χ4v) is 4.70. The summed E-state index contributed by atoms with van der Waals surface area (Å²) in [6.07, 6.45) is 4.31. The van der Waals surface area contributed by atoms with E-state index in [0.29, 0.717) is 34.6 Å². The number of likely N-dealkylation sites (N-methyl/N-ethyl adjacent to an activating group) is 1. The zero-order chi connectivity index (χ0) is 23.4. The van der Waals surface area contributed by atoms with Crippen molar-refractivity contribution in [3.05, 3.63) is 88.8 Å². The lowest BCUT2D eigenvalue weighted by molar-refractivity contribution is -0.121. The van der Waals surface area contributed by atoms with Gasteiger partial charge in [0.05, 0.1) is 12.0 Å². The van der Waals surface area contributed by atoms with Crippen molar-refractivity contribution < 1.29 is 14.3 Å². The molecule has 3 aromatic carbocycles. The maximum atomic E-state index is 12.5. The summed E-state index contributed by atoms with van der Waals surface area (Å²) in [6.45, 7) is 4.31. The van der Waals surface area contributed by atoms with Gasteiger partial charge in [-0.15, -0.1) is 6.58 Å². The molecular formula is C27H26N2O3S. The monoisotopic (exact) mass is 458 g/mol. The molecule has 4 rings (SSSR count). The molecule has 1 heterocycles. The van der Waals surface area contributed by atoms with Gasteiger partial charge in [0, 0.05) is 19.7 Å². The SMILES string of the molecule is C=CCc1cc(/C=C2\SC(=NC)N(C)C2=O)cc(OC)c1OCc1ccc2ccccc2c1. The number of benzene rings is 3. The quantitative estimate of drug-likeness (QED) is 0.337. The highest BCUT2D eigenvalue weighted by molar-refractivity contribution is 8.18. The molecule has 0 spiro atoms. The molecule has 0 atom stereocenters. The normalized spacial score (nSPS) is 16.1. The van der Waals surface area contributed by atoms with Crippen molar-refractivity contribution in [2.24, 2.45) is 4.99 Å². The first-order valence-corrected chi connectivity index (χ1v) is 11.4. The molecule has 0 unspecified atom stereocenters. The summed E-state index contributed by atoms with van der Waals surface area (Å²) in [6, 6.07) is 18.5. The Morgan fingerprint density at radius 3 is 2.61 bits per heavy atom. The molecule has 1 fully saturated rings. The second-order valence-corrected chi connectivity index (χ2v) is 8.66. The molecule has 168 valence electrons. The van der Waals surface area contributed by atoms with Crippen LogP contribution in [0.3, 0.4) is 0 Å². The molecule has 33 heavy (non-hydrogen) atoms. The van der Waals surface area contributed by atoms with Gasteiger partial charge in [0.15, 0.2) is 16.7 Å². The molecule has 0 radical (unpaired) electrons. The zero-order valence-corrected chi connectivity index (χ0v) is 19.8. The number of fused-ring (bicyclic) bond motifs is 1. The number of carbonyl (C=O) groups is 1. The molecule has 0 N–H and O–H groups in total. The van der Waals surface area contributed by atoms with Crippen LogP contribution in [-0.2, 0) is 17.8 Å². The molecule has 1 aliphatic heterocycles. The van der Waals surface area contributed by atoms with E-state index in [1.165, 1.54) is 22.5 Å². The van der Waals surface area contributed by atoms with Gasteiger partial charge in [0.25, 0.3) is 5.91 Å². The number of rotatable bonds is 7. The third kappa shape index (κ3) is 4.81. The zero-order valence-electron chi connectivity index (χ0n) is 19.0. The summed E-state index contributed by atoms with van der Waals surface area (Å²) in [5.41, 5.74) is 2.89. The van der Waals surface area contributed by atoms with Crippen LogP contribution in [0, 0.1) is 0 Å². The van der Waals surface area contributed by atoms with E-state index in [2.05, 4.69) is 41.9 Å². The predicted octanol–water partition coefficient (Wildman–Crippen LogP) is 5.69. The number of aliphatic imine (C=N–C) groups is 1. The number of allylic oxidation sites excluding steroid dienone is 1. The van der Waals surface area contributed by atoms with Crippen molar-refractivity contribution in [1.82, 2.24) is 4.90 Å². The lowest BCUT2D eigenvalue weighted by Gasteiger charge is -2.16. The number of hydrogen-bond donors (Lipinski definition) is 0. The van der Waals surface area contributed by atoms with Crippen molar-refractivity contribution in [3.63, 3.8) is 0 Å². The average Bonchev–Trinajstić information content (AvgIpc) is 3.11. The Morgan fingerprint density at radius 2 is 1.91 bits per heavy atom. The summed E-state index contributed by atoms with van der Waals surface area (Å²) >= 11 is 1.36. The van der Waals surface area contributed by atoms with Crippen LogP contribution in [0.2, 0.25) is 0 Å². The number of ether oxygens (including phenoxy) is 2. The summed E-state index contributed by atoms with van der Waals surface area (Å²) in [4.78, 5) is 18.9. The lowest BCUT2D eigenvalue weighted by Crippen LogP contribution is -2.23. The lowest BCUT2D eigenvalue weighted by atomic mass is 10.0. The van der Waals surface area contributed by atoms with E-state index in [4.69, 9.17) is 9.47 Å². The summed E-state index contributed by atoms with van der Waals surface area (Å²) in [5.74, 6) is 1.24. The van der Waals surface area contributed by atoms with Crippen LogP contribution in [0.25, 0.3) is 16.8 Å². The molecular weight excluding hydrogens is 432 g/mol. The average molecular weight is 459 g/mol. The van der Waals surface area contributed by atoms with Gasteiger partial charge in [-0.1, -0.05) is 42.5 Å². The van der Waals surface area contributed by atoms with Gasteiger partial charge in [0.2, 0.25) is 0 Å². The minimum absolute atomic E-state index is 0.0681. The van der Waals surface area contributed by atoms with Gasteiger partial charge in [0.1, 0.15) is 6.61 Å². The van der Waals surface area contributed by atoms with E-state index in [1.807, 2.05) is 36.4 Å². The van der Waals surface area contributed by atoms with E-state index in [9.17, 15) is 4.79 Å². The van der Waals surface area contributed by atoms with E-state index in [0.717, 1.165) is 16.7 Å². The van der Waals surface area contributed by atoms with Crippen molar-refractivity contribution >= 4 is 39.7 Å². The summed E-state index contributed by atoms with van der Waals surface area (Å²) in [7, 11) is 5.03. The summed E-state index contributed by atoms with van der Waals surface area (Å²) in [5, 5.41) is 3.06. The Bertz CT molecular complexity index is 1280. The van der Waals surface area contributed by atoms with Crippen molar-refractivity contribution in [1.29, 1.82) is 0 Å². The van der Waals surface area contributed by atoms with Crippen LogP contribution in [0.5, 0.6) is 11.5 Å². The number of thioether (sulfide) groups is 1. The van der Waals surface area contributed by atoms with Crippen LogP contribution in [0.4, 0.5) is 0 Å². The molecule has 1 saturated heterocycles. The maximum Gasteiger partial charge on any atom is 0.266 e. The topological polar surface area (TPSA) is 51.1 Å². The van der Waals surface area contributed by atoms with E-state index >= 15 is 0 Å². The number of nitrogens with zero attached hydrogens (tertiary/aromatic N) is 2. The Morgan fingerprint density at radius 1 is 1.12 bits per heavy atom. The Kier molecular flexibility index (Phi) is 6.84. The largest absolute Gasteiger partial charge is 0.493 e. The van der Waals surface area contributed by atoms with Crippen LogP contribution in [0.15, 0.2) is 77.1 Å². The highest BCUT2D eigenvalue weighted by Crippen LogP contribution is 2.37. The molecule has 1 amide bonds. The van der Waals surface area contributed by atoms with Crippen LogP contribution in [-0.4, -0.2) is 37.2 Å². The fraction of sp³-hybridized carbons (Fsp3) is 0.185. The van der Waals surface area contributed by atoms with Crippen LogP contribution >= 0.6 is 11.8 Å². The Balaban J connectivity index is 1.64. The number of methoxy groups -OCH3 is 1. The predicted molar refractivity (Wildman–Crippen MR) is 137 cm³/mol. The minimum Gasteiger partial charge on any atom is -0.493 e. The van der Waals surface area contributed by atoms with Gasteiger partial charge < -0.3 is 9.47 Å². The molecule has 5 nitrogen and oxygen atoms in total. The molecule has 1 aliphatic rings. The summed E-state index contributed by atoms with van der Waals surface area (Å²) < 4.78 is 11.9.